The fraction of sp³-hybridized carbons (Fsp3) is 0.130. The zero-order chi connectivity index (χ0) is 20.9. The topological polar surface area (TPSA) is 90.1 Å². The first-order valence-electron chi connectivity index (χ1n) is 9.45. The van der Waals surface area contributed by atoms with Crippen molar-refractivity contribution in [3.63, 3.8) is 0 Å². The van der Waals surface area contributed by atoms with Crippen molar-refractivity contribution in [1.29, 1.82) is 0 Å². The van der Waals surface area contributed by atoms with Crippen LogP contribution in [-0.2, 0) is 4.79 Å². The van der Waals surface area contributed by atoms with E-state index in [0.717, 1.165) is 16.8 Å². The summed E-state index contributed by atoms with van der Waals surface area (Å²) in [7, 11) is 0. The van der Waals surface area contributed by atoms with Crippen molar-refractivity contribution in [1.82, 2.24) is 15.1 Å². The highest BCUT2D eigenvalue weighted by Crippen LogP contribution is 2.30. The highest BCUT2D eigenvalue weighted by atomic mass is 16.5. The van der Waals surface area contributed by atoms with E-state index >= 15 is 0 Å². The van der Waals surface area contributed by atoms with Gasteiger partial charge in [-0.1, -0.05) is 53.2 Å². The Kier molecular flexibility index (Phi) is 5.52. The van der Waals surface area contributed by atoms with Gasteiger partial charge < -0.3 is 14.6 Å². The van der Waals surface area contributed by atoms with Crippen LogP contribution in [0.15, 0.2) is 71.3 Å². The predicted molar refractivity (Wildman–Crippen MR) is 113 cm³/mol. The van der Waals surface area contributed by atoms with Crippen molar-refractivity contribution in [2.45, 2.75) is 13.8 Å². The van der Waals surface area contributed by atoms with E-state index in [0.29, 0.717) is 28.8 Å². The van der Waals surface area contributed by atoms with Crippen LogP contribution in [-0.4, -0.2) is 27.6 Å². The first-order chi connectivity index (χ1) is 14.6. The summed E-state index contributed by atoms with van der Waals surface area (Å²) in [6.07, 6.45) is 0. The Balaban J connectivity index is 1.48. The minimum absolute atomic E-state index is 0.175. The van der Waals surface area contributed by atoms with E-state index in [9.17, 15) is 4.79 Å². The van der Waals surface area contributed by atoms with Crippen molar-refractivity contribution in [3.05, 3.63) is 78.0 Å². The van der Waals surface area contributed by atoms with Gasteiger partial charge in [0.25, 0.3) is 11.8 Å². The molecule has 0 spiro atoms. The van der Waals surface area contributed by atoms with Crippen molar-refractivity contribution >= 4 is 11.7 Å². The maximum absolute atomic E-state index is 12.2. The smallest absolute Gasteiger partial charge is 0.263 e. The molecule has 1 amide bonds. The number of nitrogens with zero attached hydrogens (tertiary/aromatic N) is 3. The number of hydrogen-bond acceptors (Lipinski definition) is 6. The number of carbonyl (C=O) groups is 1. The highest BCUT2D eigenvalue weighted by molar-refractivity contribution is 5.91. The van der Waals surface area contributed by atoms with Crippen molar-refractivity contribution in [2.75, 3.05) is 11.9 Å². The number of anilines is 1. The van der Waals surface area contributed by atoms with Gasteiger partial charge in [-0.3, -0.25) is 4.79 Å². The molecule has 0 fully saturated rings. The lowest BCUT2D eigenvalue weighted by Crippen LogP contribution is -2.21. The number of ether oxygens (including phenoxy) is 1. The molecule has 7 nitrogen and oxygen atoms in total. The average molecular weight is 400 g/mol. The molecule has 2 aromatic heterocycles. The molecule has 30 heavy (non-hydrogen) atoms. The highest BCUT2D eigenvalue weighted by Gasteiger charge is 2.16. The van der Waals surface area contributed by atoms with Gasteiger partial charge in [0.15, 0.2) is 6.61 Å². The van der Waals surface area contributed by atoms with Crippen LogP contribution in [0.5, 0.6) is 5.75 Å². The standard InChI is InChI=1S/C23H20N4O3/c1-15-10-12-17(13-11-15)22-26-23(30-27-22)18-7-3-4-8-19(18)29-14-21(28)25-20-9-5-6-16(2)24-20/h3-13H,14H2,1-2H3,(H,24,25,28). The Morgan fingerprint density at radius 3 is 2.57 bits per heavy atom. The fourth-order valence-electron chi connectivity index (χ4n) is 2.86. The van der Waals surface area contributed by atoms with Gasteiger partial charge >= 0.3 is 0 Å². The SMILES string of the molecule is Cc1ccc(-c2noc(-c3ccccc3OCC(=O)Nc3cccc(C)n3)n2)cc1. The van der Waals surface area contributed by atoms with Crippen LogP contribution >= 0.6 is 0 Å². The molecule has 0 aliphatic heterocycles. The van der Waals surface area contributed by atoms with Gasteiger partial charge in [0, 0.05) is 11.3 Å². The Morgan fingerprint density at radius 2 is 1.77 bits per heavy atom. The summed E-state index contributed by atoms with van der Waals surface area (Å²) >= 11 is 0. The summed E-state index contributed by atoms with van der Waals surface area (Å²) in [5.74, 6) is 1.46. The lowest BCUT2D eigenvalue weighted by molar-refractivity contribution is -0.118. The predicted octanol–water partition coefficient (Wildman–Crippen LogP) is 4.43. The Labute approximate surface area is 173 Å². The zero-order valence-electron chi connectivity index (χ0n) is 16.6. The summed E-state index contributed by atoms with van der Waals surface area (Å²) in [4.78, 5) is 21.0. The number of pyridine rings is 1. The molecule has 0 unspecified atom stereocenters. The molecule has 2 heterocycles. The lowest BCUT2D eigenvalue weighted by Gasteiger charge is -2.09. The first kappa shape index (κ1) is 19.3. The molecule has 150 valence electrons. The maximum Gasteiger partial charge on any atom is 0.263 e. The number of nitrogens with one attached hydrogen (secondary N) is 1. The quantitative estimate of drug-likeness (QED) is 0.515. The minimum atomic E-state index is -0.311. The van der Waals surface area contributed by atoms with E-state index in [1.165, 1.54) is 0 Å². The van der Waals surface area contributed by atoms with Gasteiger partial charge in [0.2, 0.25) is 5.82 Å². The van der Waals surface area contributed by atoms with Crippen LogP contribution in [0.2, 0.25) is 0 Å². The maximum atomic E-state index is 12.2. The van der Waals surface area contributed by atoms with Gasteiger partial charge in [0.1, 0.15) is 11.6 Å². The molecule has 0 saturated heterocycles. The number of aromatic nitrogens is 3. The Hall–Kier alpha value is -4.00. The van der Waals surface area contributed by atoms with Gasteiger partial charge in [-0.05, 0) is 38.1 Å². The number of carbonyl (C=O) groups excluding carboxylic acids is 1. The Bertz CT molecular complexity index is 1170. The molecule has 0 saturated carbocycles. The zero-order valence-corrected chi connectivity index (χ0v) is 16.6. The second-order valence-electron chi connectivity index (χ2n) is 6.79. The van der Waals surface area contributed by atoms with Crippen molar-refractivity contribution in [2.24, 2.45) is 0 Å². The fourth-order valence-corrected chi connectivity index (χ4v) is 2.86. The second kappa shape index (κ2) is 8.57. The number of benzene rings is 2. The average Bonchev–Trinajstić information content (AvgIpc) is 3.23. The van der Waals surface area contributed by atoms with E-state index in [2.05, 4.69) is 20.4 Å². The molecule has 0 radical (unpaired) electrons. The number of aryl methyl sites for hydroxylation is 2. The van der Waals surface area contributed by atoms with Crippen LogP contribution in [0.3, 0.4) is 0 Å². The second-order valence-corrected chi connectivity index (χ2v) is 6.79. The van der Waals surface area contributed by atoms with E-state index in [4.69, 9.17) is 9.26 Å². The summed E-state index contributed by atoms with van der Waals surface area (Å²) in [6, 6.07) is 20.5. The molecule has 4 rings (SSSR count). The molecular formula is C23H20N4O3. The van der Waals surface area contributed by atoms with Gasteiger partial charge in [-0.2, -0.15) is 4.98 Å². The number of para-hydroxylation sites is 1. The summed E-state index contributed by atoms with van der Waals surface area (Å²) in [5, 5.41) is 6.78. The molecule has 0 bridgehead atoms. The third-order valence-corrected chi connectivity index (χ3v) is 4.37. The van der Waals surface area contributed by atoms with Crippen molar-refractivity contribution in [3.8, 4) is 28.6 Å². The first-order valence-corrected chi connectivity index (χ1v) is 9.45. The van der Waals surface area contributed by atoms with Crippen molar-refractivity contribution < 1.29 is 14.1 Å². The van der Waals surface area contributed by atoms with Crippen LogP contribution in [0.4, 0.5) is 5.82 Å². The third-order valence-electron chi connectivity index (χ3n) is 4.37. The van der Waals surface area contributed by atoms with Crippen LogP contribution in [0.25, 0.3) is 22.8 Å². The van der Waals surface area contributed by atoms with E-state index in [-0.39, 0.29) is 12.5 Å². The summed E-state index contributed by atoms with van der Waals surface area (Å²) in [5.41, 5.74) is 3.45. The van der Waals surface area contributed by atoms with E-state index in [1.807, 2.05) is 68.4 Å². The molecular weight excluding hydrogens is 380 g/mol. The normalized spacial score (nSPS) is 10.6. The molecule has 0 aliphatic carbocycles. The largest absolute Gasteiger partial charge is 0.483 e. The monoisotopic (exact) mass is 400 g/mol. The van der Waals surface area contributed by atoms with E-state index in [1.54, 1.807) is 12.1 Å². The van der Waals surface area contributed by atoms with Gasteiger partial charge in [-0.15, -0.1) is 0 Å². The molecule has 7 heteroatoms. The minimum Gasteiger partial charge on any atom is -0.483 e. The summed E-state index contributed by atoms with van der Waals surface area (Å²) in [6.45, 7) is 3.70. The molecule has 0 aliphatic rings. The van der Waals surface area contributed by atoms with Gasteiger partial charge in [0.05, 0.1) is 5.56 Å². The molecule has 0 atom stereocenters. The number of amides is 1. The van der Waals surface area contributed by atoms with Crippen LogP contribution in [0, 0.1) is 13.8 Å². The molecule has 4 aromatic rings. The molecule has 2 aromatic carbocycles. The third kappa shape index (κ3) is 4.52. The number of rotatable bonds is 6. The molecule has 1 N–H and O–H groups in total. The van der Waals surface area contributed by atoms with E-state index < -0.39 is 0 Å². The van der Waals surface area contributed by atoms with Crippen LogP contribution in [0.1, 0.15) is 11.3 Å². The van der Waals surface area contributed by atoms with Gasteiger partial charge in [-0.25, -0.2) is 4.98 Å². The lowest BCUT2D eigenvalue weighted by atomic mass is 10.1. The van der Waals surface area contributed by atoms with Crippen LogP contribution < -0.4 is 10.1 Å². The summed E-state index contributed by atoms with van der Waals surface area (Å²) < 4.78 is 11.2. The number of hydrogen-bond donors (Lipinski definition) is 1. The Morgan fingerprint density at radius 1 is 0.967 bits per heavy atom.